The maximum Gasteiger partial charge on any atom is 0.311 e. The van der Waals surface area contributed by atoms with Crippen LogP contribution in [0.4, 0.5) is 17.3 Å². The van der Waals surface area contributed by atoms with Crippen LogP contribution in [0.3, 0.4) is 0 Å². The molecule has 0 amide bonds. The minimum absolute atomic E-state index is 0.00979. The summed E-state index contributed by atoms with van der Waals surface area (Å²) in [5.41, 5.74) is 1.01. The molecule has 2 unspecified atom stereocenters. The standard InChI is InChI=1S/C20H21N5O3/c1-23(20-18(25(27)28)7-4-9-21-20)15-8-10-24(16(12-15)13-26)19-11-14-5-2-3-6-17(14)22-19/h2-7,9,11,13,15-16,22H,8,10,12H2,1H3. The molecule has 8 heteroatoms. The van der Waals surface area contributed by atoms with E-state index in [4.69, 9.17) is 0 Å². The van der Waals surface area contributed by atoms with Crippen molar-refractivity contribution in [1.29, 1.82) is 0 Å². The second-order valence-corrected chi connectivity index (χ2v) is 7.03. The quantitative estimate of drug-likeness (QED) is 0.416. The Kier molecular flexibility index (Phi) is 4.68. The zero-order chi connectivity index (χ0) is 19.7. The average molecular weight is 379 g/mol. The Bertz CT molecular complexity index is 985. The Balaban J connectivity index is 1.56. The average Bonchev–Trinajstić information content (AvgIpc) is 3.16. The van der Waals surface area contributed by atoms with Crippen molar-refractivity contribution in [3.05, 3.63) is 58.8 Å². The summed E-state index contributed by atoms with van der Waals surface area (Å²) in [5.74, 6) is 1.25. The Morgan fingerprint density at radius 1 is 1.32 bits per heavy atom. The third kappa shape index (κ3) is 3.17. The van der Waals surface area contributed by atoms with Crippen LogP contribution in [0.5, 0.6) is 0 Å². The summed E-state index contributed by atoms with van der Waals surface area (Å²) < 4.78 is 0. The zero-order valence-electron chi connectivity index (χ0n) is 15.5. The van der Waals surface area contributed by atoms with E-state index in [1.807, 2.05) is 29.2 Å². The van der Waals surface area contributed by atoms with Crippen molar-refractivity contribution in [2.75, 3.05) is 23.4 Å². The van der Waals surface area contributed by atoms with Crippen molar-refractivity contribution in [3.63, 3.8) is 0 Å². The van der Waals surface area contributed by atoms with E-state index < -0.39 is 4.92 Å². The SMILES string of the molecule is CN(c1ncccc1[N+](=O)[O-])C1CCN(c2cc3ccccc3[nH]2)C(C=O)C1. The lowest BCUT2D eigenvalue weighted by atomic mass is 9.96. The number of benzene rings is 1. The van der Waals surface area contributed by atoms with Gasteiger partial charge in [-0.05, 0) is 31.0 Å². The minimum Gasteiger partial charge on any atom is -0.351 e. The van der Waals surface area contributed by atoms with Gasteiger partial charge in [-0.2, -0.15) is 0 Å². The van der Waals surface area contributed by atoms with E-state index in [-0.39, 0.29) is 17.8 Å². The molecule has 1 aliphatic heterocycles. The number of aromatic amines is 1. The molecule has 1 aromatic carbocycles. The summed E-state index contributed by atoms with van der Waals surface area (Å²) >= 11 is 0. The number of fused-ring (bicyclic) bond motifs is 1. The molecule has 0 aliphatic carbocycles. The second-order valence-electron chi connectivity index (χ2n) is 7.03. The van der Waals surface area contributed by atoms with Crippen LogP contribution in [0, 0.1) is 10.1 Å². The maximum atomic E-state index is 11.8. The first-order chi connectivity index (χ1) is 13.6. The van der Waals surface area contributed by atoms with E-state index in [0.717, 1.165) is 29.4 Å². The van der Waals surface area contributed by atoms with Gasteiger partial charge in [0.15, 0.2) is 0 Å². The van der Waals surface area contributed by atoms with Crippen LogP contribution in [0.2, 0.25) is 0 Å². The van der Waals surface area contributed by atoms with Gasteiger partial charge < -0.3 is 19.6 Å². The fraction of sp³-hybridized carbons (Fsp3) is 0.300. The first kappa shape index (κ1) is 18.0. The number of pyridine rings is 1. The number of carbonyl (C=O) groups is 1. The summed E-state index contributed by atoms with van der Waals surface area (Å²) in [7, 11) is 1.81. The molecule has 0 radical (unpaired) electrons. The molecule has 0 bridgehead atoms. The molecule has 4 rings (SSSR count). The van der Waals surface area contributed by atoms with Crippen LogP contribution in [-0.4, -0.2) is 46.9 Å². The van der Waals surface area contributed by atoms with Gasteiger partial charge in [-0.1, -0.05) is 18.2 Å². The highest BCUT2D eigenvalue weighted by Crippen LogP contribution is 2.32. The fourth-order valence-electron chi connectivity index (χ4n) is 3.95. The van der Waals surface area contributed by atoms with Crippen LogP contribution < -0.4 is 9.80 Å². The molecule has 2 aromatic heterocycles. The first-order valence-electron chi connectivity index (χ1n) is 9.20. The van der Waals surface area contributed by atoms with E-state index in [9.17, 15) is 14.9 Å². The van der Waals surface area contributed by atoms with Gasteiger partial charge in [0.1, 0.15) is 12.1 Å². The molecular formula is C20H21N5O3. The number of piperidine rings is 1. The Hall–Kier alpha value is -3.42. The summed E-state index contributed by atoms with van der Waals surface area (Å²) in [4.78, 5) is 34.2. The molecule has 0 spiro atoms. The van der Waals surface area contributed by atoms with Crippen molar-refractivity contribution in [2.24, 2.45) is 0 Å². The third-order valence-corrected chi connectivity index (χ3v) is 5.44. The molecule has 28 heavy (non-hydrogen) atoms. The number of hydrogen-bond acceptors (Lipinski definition) is 6. The monoisotopic (exact) mass is 379 g/mol. The number of nitro groups is 1. The number of hydrogen-bond donors (Lipinski definition) is 1. The van der Waals surface area contributed by atoms with Crippen molar-refractivity contribution < 1.29 is 9.72 Å². The maximum absolute atomic E-state index is 11.8. The number of nitrogens with zero attached hydrogens (tertiary/aromatic N) is 4. The van der Waals surface area contributed by atoms with Crippen LogP contribution in [0.1, 0.15) is 12.8 Å². The fourth-order valence-corrected chi connectivity index (χ4v) is 3.95. The Morgan fingerprint density at radius 2 is 2.14 bits per heavy atom. The number of rotatable bonds is 5. The van der Waals surface area contributed by atoms with Crippen LogP contribution in [0.25, 0.3) is 10.9 Å². The summed E-state index contributed by atoms with van der Waals surface area (Å²) in [6.07, 6.45) is 3.85. The van der Waals surface area contributed by atoms with Gasteiger partial charge >= 0.3 is 5.69 Å². The van der Waals surface area contributed by atoms with Gasteiger partial charge in [0.05, 0.1) is 11.0 Å². The number of H-pyrrole nitrogens is 1. The van der Waals surface area contributed by atoms with E-state index in [0.29, 0.717) is 18.8 Å². The number of para-hydroxylation sites is 1. The highest BCUT2D eigenvalue weighted by molar-refractivity contribution is 5.84. The van der Waals surface area contributed by atoms with Gasteiger partial charge in [-0.15, -0.1) is 0 Å². The second kappa shape index (κ2) is 7.30. The number of anilines is 2. The highest BCUT2D eigenvalue weighted by atomic mass is 16.6. The molecule has 1 fully saturated rings. The normalized spacial score (nSPS) is 19.5. The Morgan fingerprint density at radius 3 is 2.89 bits per heavy atom. The molecule has 3 aromatic rings. The van der Waals surface area contributed by atoms with Crippen molar-refractivity contribution >= 4 is 34.5 Å². The van der Waals surface area contributed by atoms with E-state index >= 15 is 0 Å². The van der Waals surface area contributed by atoms with Crippen molar-refractivity contribution in [2.45, 2.75) is 24.9 Å². The lowest BCUT2D eigenvalue weighted by Gasteiger charge is -2.41. The van der Waals surface area contributed by atoms with Gasteiger partial charge in [-0.3, -0.25) is 10.1 Å². The van der Waals surface area contributed by atoms with Crippen LogP contribution in [0.15, 0.2) is 48.7 Å². The number of aromatic nitrogens is 2. The van der Waals surface area contributed by atoms with Gasteiger partial charge in [0, 0.05) is 42.8 Å². The van der Waals surface area contributed by atoms with Crippen LogP contribution in [-0.2, 0) is 4.79 Å². The van der Waals surface area contributed by atoms with Gasteiger partial charge in [0.2, 0.25) is 5.82 Å². The van der Waals surface area contributed by atoms with E-state index in [1.54, 1.807) is 19.3 Å². The predicted molar refractivity (Wildman–Crippen MR) is 108 cm³/mol. The highest BCUT2D eigenvalue weighted by Gasteiger charge is 2.33. The molecule has 8 nitrogen and oxygen atoms in total. The topological polar surface area (TPSA) is 95.4 Å². The summed E-state index contributed by atoms with van der Waals surface area (Å²) in [6, 6.07) is 12.7. The molecule has 144 valence electrons. The third-order valence-electron chi connectivity index (χ3n) is 5.44. The lowest BCUT2D eigenvalue weighted by molar-refractivity contribution is -0.384. The number of carbonyl (C=O) groups excluding carboxylic acids is 1. The minimum atomic E-state index is -0.421. The predicted octanol–water partition coefficient (Wildman–Crippen LogP) is 3.14. The molecule has 3 heterocycles. The summed E-state index contributed by atoms with van der Waals surface area (Å²) in [6.45, 7) is 0.672. The molecular weight excluding hydrogens is 358 g/mol. The van der Waals surface area contributed by atoms with Crippen molar-refractivity contribution in [1.82, 2.24) is 9.97 Å². The van der Waals surface area contributed by atoms with Crippen LogP contribution >= 0.6 is 0 Å². The number of nitrogens with one attached hydrogen (secondary N) is 1. The smallest absolute Gasteiger partial charge is 0.311 e. The van der Waals surface area contributed by atoms with E-state index in [1.165, 1.54) is 6.07 Å². The first-order valence-corrected chi connectivity index (χ1v) is 9.20. The molecule has 0 saturated carbocycles. The number of aldehydes is 1. The molecule has 1 saturated heterocycles. The molecule has 1 N–H and O–H groups in total. The zero-order valence-corrected chi connectivity index (χ0v) is 15.5. The summed E-state index contributed by atoms with van der Waals surface area (Å²) in [5, 5.41) is 12.4. The molecule has 1 aliphatic rings. The lowest BCUT2D eigenvalue weighted by Crippen LogP contribution is -2.50. The Labute approximate surface area is 161 Å². The molecule has 2 atom stereocenters. The largest absolute Gasteiger partial charge is 0.351 e. The van der Waals surface area contributed by atoms with Crippen molar-refractivity contribution in [3.8, 4) is 0 Å². The van der Waals surface area contributed by atoms with Gasteiger partial charge in [-0.25, -0.2) is 4.98 Å². The van der Waals surface area contributed by atoms with E-state index in [2.05, 4.69) is 20.9 Å². The van der Waals surface area contributed by atoms with Gasteiger partial charge in [0.25, 0.3) is 0 Å².